The molecule has 0 saturated heterocycles. The molecule has 0 aliphatic carbocycles. The van der Waals surface area contributed by atoms with Gasteiger partial charge in [0.1, 0.15) is 16.7 Å². The van der Waals surface area contributed by atoms with Gasteiger partial charge in [-0.25, -0.2) is 4.79 Å². The number of hydrogen-bond acceptors (Lipinski definition) is 7. The predicted octanol–water partition coefficient (Wildman–Crippen LogP) is 1.04. The van der Waals surface area contributed by atoms with Crippen LogP contribution < -0.4 is 5.69 Å². The first kappa shape index (κ1) is 14.9. The molecule has 23 heavy (non-hydrogen) atoms. The van der Waals surface area contributed by atoms with Crippen LogP contribution in [-0.2, 0) is 12.2 Å². The Hall–Kier alpha value is -2.99. The number of benzene rings is 1. The fourth-order valence-corrected chi connectivity index (χ4v) is 2.87. The number of aromatic amines is 2. The number of nitrogens with one attached hydrogen (secondary N) is 2. The number of aromatic nitrogens is 6. The maximum absolute atomic E-state index is 11.8. The van der Waals surface area contributed by atoms with Crippen LogP contribution in [0.15, 0.2) is 40.2 Å². The zero-order valence-corrected chi connectivity index (χ0v) is 12.7. The minimum Gasteiger partial charge on any atom is -0.308 e. The van der Waals surface area contributed by atoms with Gasteiger partial charge in [-0.15, -0.1) is 10.2 Å². The predicted molar refractivity (Wildman–Crippen MR) is 82.6 cm³/mol. The fourth-order valence-electron chi connectivity index (χ4n) is 2.03. The third-order valence-electron chi connectivity index (χ3n) is 3.04. The standard InChI is InChI=1S/C14H11N7OS/c15-7-10-11(6-9-4-2-1-3-5-9)16-14(22)17-13(10)23-8-12-18-20-21-19-12/h1-5H,6,8H2,(H,16,17,22)(H,18,19,20,21). The Morgan fingerprint density at radius 3 is 2.78 bits per heavy atom. The molecule has 1 aromatic carbocycles. The Bertz CT molecular complexity index is 884. The van der Waals surface area contributed by atoms with Crippen molar-refractivity contribution in [2.45, 2.75) is 17.2 Å². The maximum Gasteiger partial charge on any atom is 0.346 e. The molecule has 2 aromatic heterocycles. The van der Waals surface area contributed by atoms with Gasteiger partial charge in [0.05, 0.1) is 5.75 Å². The second kappa shape index (κ2) is 6.85. The number of H-pyrrole nitrogens is 2. The highest BCUT2D eigenvalue weighted by molar-refractivity contribution is 7.98. The van der Waals surface area contributed by atoms with Gasteiger partial charge in [0.25, 0.3) is 0 Å². The van der Waals surface area contributed by atoms with Crippen LogP contribution in [0.1, 0.15) is 22.6 Å². The lowest BCUT2D eigenvalue weighted by molar-refractivity contribution is 0.881. The second-order valence-corrected chi connectivity index (χ2v) is 5.56. The zero-order chi connectivity index (χ0) is 16.1. The maximum atomic E-state index is 11.8. The number of hydrogen-bond donors (Lipinski definition) is 2. The van der Waals surface area contributed by atoms with Crippen LogP contribution in [0, 0.1) is 11.3 Å². The molecule has 3 aromatic rings. The van der Waals surface area contributed by atoms with E-state index in [0.29, 0.717) is 34.3 Å². The van der Waals surface area contributed by atoms with Crippen molar-refractivity contribution < 1.29 is 0 Å². The molecule has 9 heteroatoms. The summed E-state index contributed by atoms with van der Waals surface area (Å²) in [4.78, 5) is 18.3. The number of nitrogens with zero attached hydrogens (tertiary/aromatic N) is 5. The van der Waals surface area contributed by atoms with Crippen molar-refractivity contribution in [2.75, 3.05) is 0 Å². The molecule has 8 nitrogen and oxygen atoms in total. The van der Waals surface area contributed by atoms with Crippen LogP contribution in [0.25, 0.3) is 0 Å². The van der Waals surface area contributed by atoms with Crippen molar-refractivity contribution in [2.24, 2.45) is 0 Å². The molecule has 0 unspecified atom stereocenters. The molecule has 0 fully saturated rings. The van der Waals surface area contributed by atoms with Crippen LogP contribution in [0.5, 0.6) is 0 Å². The van der Waals surface area contributed by atoms with Crippen LogP contribution >= 0.6 is 11.8 Å². The lowest BCUT2D eigenvalue weighted by Crippen LogP contribution is -2.16. The number of nitriles is 1. The highest BCUT2D eigenvalue weighted by atomic mass is 32.2. The van der Waals surface area contributed by atoms with Crippen molar-refractivity contribution in [3.63, 3.8) is 0 Å². The third-order valence-corrected chi connectivity index (χ3v) is 4.01. The topological polar surface area (TPSA) is 124 Å². The summed E-state index contributed by atoms with van der Waals surface area (Å²) < 4.78 is 0. The molecule has 0 radical (unpaired) electrons. The Morgan fingerprint density at radius 2 is 2.09 bits per heavy atom. The average Bonchev–Trinajstić information content (AvgIpc) is 3.07. The van der Waals surface area contributed by atoms with E-state index in [1.807, 2.05) is 30.3 Å². The minimum atomic E-state index is -0.481. The Labute approximate surface area is 135 Å². The minimum absolute atomic E-state index is 0.363. The van der Waals surface area contributed by atoms with Gasteiger partial charge in [0.15, 0.2) is 5.82 Å². The SMILES string of the molecule is N#Cc1c(SCc2nn[nH]n2)nc(=O)[nH]c1Cc1ccccc1. The van der Waals surface area contributed by atoms with E-state index in [2.05, 4.69) is 36.7 Å². The average molecular weight is 325 g/mol. The summed E-state index contributed by atoms with van der Waals surface area (Å²) in [6, 6.07) is 11.7. The molecule has 2 heterocycles. The summed E-state index contributed by atoms with van der Waals surface area (Å²) in [7, 11) is 0. The van der Waals surface area contributed by atoms with E-state index in [1.165, 1.54) is 11.8 Å². The molecule has 0 aliphatic heterocycles. The van der Waals surface area contributed by atoms with E-state index in [0.717, 1.165) is 5.56 Å². The first-order chi connectivity index (χ1) is 11.3. The summed E-state index contributed by atoms with van der Waals surface area (Å²) in [6.07, 6.45) is 0.456. The quantitative estimate of drug-likeness (QED) is 0.530. The zero-order valence-electron chi connectivity index (χ0n) is 11.9. The first-order valence-corrected chi connectivity index (χ1v) is 7.67. The Balaban J connectivity index is 1.90. The number of thioether (sulfide) groups is 1. The molecule has 0 aliphatic rings. The van der Waals surface area contributed by atoms with Gasteiger partial charge in [-0.05, 0) is 5.56 Å². The van der Waals surface area contributed by atoms with E-state index in [9.17, 15) is 10.1 Å². The molecule has 0 bridgehead atoms. The van der Waals surface area contributed by atoms with Crippen molar-refractivity contribution in [3.8, 4) is 6.07 Å². The van der Waals surface area contributed by atoms with Crippen LogP contribution in [0.2, 0.25) is 0 Å². The van der Waals surface area contributed by atoms with Crippen LogP contribution in [0.4, 0.5) is 0 Å². The van der Waals surface area contributed by atoms with Crippen molar-refractivity contribution in [1.82, 2.24) is 30.6 Å². The molecule has 0 spiro atoms. The smallest absolute Gasteiger partial charge is 0.308 e. The number of tetrazole rings is 1. The summed E-state index contributed by atoms with van der Waals surface area (Å²) in [6.45, 7) is 0. The van der Waals surface area contributed by atoms with Crippen LogP contribution in [0.3, 0.4) is 0 Å². The monoisotopic (exact) mass is 325 g/mol. The molecule has 0 amide bonds. The van der Waals surface area contributed by atoms with E-state index < -0.39 is 5.69 Å². The highest BCUT2D eigenvalue weighted by Crippen LogP contribution is 2.24. The largest absolute Gasteiger partial charge is 0.346 e. The second-order valence-electron chi connectivity index (χ2n) is 4.59. The molecule has 0 atom stereocenters. The fraction of sp³-hybridized carbons (Fsp3) is 0.143. The first-order valence-electron chi connectivity index (χ1n) is 6.68. The van der Waals surface area contributed by atoms with Gasteiger partial charge in [0.2, 0.25) is 0 Å². The van der Waals surface area contributed by atoms with E-state index in [4.69, 9.17) is 0 Å². The van der Waals surface area contributed by atoms with Gasteiger partial charge in [0, 0.05) is 12.1 Å². The lowest BCUT2D eigenvalue weighted by atomic mass is 10.1. The Morgan fingerprint density at radius 1 is 1.26 bits per heavy atom. The molecule has 3 rings (SSSR count). The van der Waals surface area contributed by atoms with Gasteiger partial charge in [-0.1, -0.05) is 47.3 Å². The lowest BCUT2D eigenvalue weighted by Gasteiger charge is -2.07. The van der Waals surface area contributed by atoms with Crippen LogP contribution in [-0.4, -0.2) is 30.6 Å². The van der Waals surface area contributed by atoms with Crippen molar-refractivity contribution >= 4 is 11.8 Å². The Kier molecular flexibility index (Phi) is 4.44. The van der Waals surface area contributed by atoms with Gasteiger partial charge < -0.3 is 4.98 Å². The molecule has 114 valence electrons. The normalized spacial score (nSPS) is 10.4. The van der Waals surface area contributed by atoms with E-state index in [1.54, 1.807) is 0 Å². The summed E-state index contributed by atoms with van der Waals surface area (Å²) in [5.41, 5.74) is 1.43. The third kappa shape index (κ3) is 3.61. The number of rotatable bonds is 5. The molecule has 2 N–H and O–H groups in total. The molecule has 0 saturated carbocycles. The molecular weight excluding hydrogens is 314 g/mol. The summed E-state index contributed by atoms with van der Waals surface area (Å²) in [5, 5.41) is 23.3. The summed E-state index contributed by atoms with van der Waals surface area (Å²) >= 11 is 1.23. The van der Waals surface area contributed by atoms with Gasteiger partial charge in [-0.2, -0.15) is 15.5 Å². The highest BCUT2D eigenvalue weighted by Gasteiger charge is 2.14. The van der Waals surface area contributed by atoms with Crippen molar-refractivity contribution in [3.05, 3.63) is 63.5 Å². The van der Waals surface area contributed by atoms with Gasteiger partial charge >= 0.3 is 5.69 Å². The van der Waals surface area contributed by atoms with Gasteiger partial charge in [-0.3, -0.25) is 0 Å². The van der Waals surface area contributed by atoms with Crippen molar-refractivity contribution in [1.29, 1.82) is 5.26 Å². The molecular formula is C14H11N7OS. The van der Waals surface area contributed by atoms with E-state index >= 15 is 0 Å². The van der Waals surface area contributed by atoms with E-state index in [-0.39, 0.29) is 0 Å². The summed E-state index contributed by atoms with van der Waals surface area (Å²) in [5.74, 6) is 0.845.